The molecule has 1 unspecified atom stereocenters. The molecular weight excluding hydrogens is 309 g/mol. The molecule has 2 aromatic rings. The summed E-state index contributed by atoms with van der Waals surface area (Å²) in [5.74, 6) is 1.47. The summed E-state index contributed by atoms with van der Waals surface area (Å²) in [5.41, 5.74) is 1.86. The maximum absolute atomic E-state index is 6.33. The van der Waals surface area contributed by atoms with Gasteiger partial charge in [-0.3, -0.25) is 0 Å². The van der Waals surface area contributed by atoms with Gasteiger partial charge in [0.05, 0.1) is 30.3 Å². The summed E-state index contributed by atoms with van der Waals surface area (Å²) in [5, 5.41) is 4.32. The Balaban J connectivity index is 2.53. The number of nitrogens with one attached hydrogen (secondary N) is 1. The number of rotatable bonds is 5. The van der Waals surface area contributed by atoms with Crippen molar-refractivity contribution >= 4 is 23.2 Å². The molecule has 1 N–H and O–H groups in total. The number of methoxy groups -OCH3 is 2. The van der Waals surface area contributed by atoms with Gasteiger partial charge in [-0.1, -0.05) is 35.3 Å². The van der Waals surface area contributed by atoms with E-state index in [1.807, 2.05) is 37.4 Å². The van der Waals surface area contributed by atoms with Crippen molar-refractivity contribution < 1.29 is 9.47 Å². The summed E-state index contributed by atoms with van der Waals surface area (Å²) >= 11 is 12.4. The van der Waals surface area contributed by atoms with Crippen molar-refractivity contribution in [2.75, 3.05) is 21.3 Å². The van der Waals surface area contributed by atoms with Crippen molar-refractivity contribution in [3.63, 3.8) is 0 Å². The van der Waals surface area contributed by atoms with Crippen LogP contribution < -0.4 is 14.8 Å². The molecule has 1 atom stereocenters. The zero-order chi connectivity index (χ0) is 15.4. The number of halogens is 2. The van der Waals surface area contributed by atoms with Gasteiger partial charge in [-0.15, -0.1) is 0 Å². The van der Waals surface area contributed by atoms with Gasteiger partial charge in [0.25, 0.3) is 0 Å². The van der Waals surface area contributed by atoms with Crippen LogP contribution in [0.4, 0.5) is 0 Å². The van der Waals surface area contributed by atoms with Crippen LogP contribution in [-0.2, 0) is 0 Å². The summed E-state index contributed by atoms with van der Waals surface area (Å²) in [6.45, 7) is 0. The van der Waals surface area contributed by atoms with E-state index in [2.05, 4.69) is 5.32 Å². The van der Waals surface area contributed by atoms with Crippen molar-refractivity contribution in [2.24, 2.45) is 0 Å². The number of hydrogen-bond donors (Lipinski definition) is 1. The summed E-state index contributed by atoms with van der Waals surface area (Å²) in [6, 6.07) is 11.2. The molecule has 0 aliphatic carbocycles. The molecule has 0 spiro atoms. The minimum absolute atomic E-state index is 0.128. The molecule has 0 saturated heterocycles. The third kappa shape index (κ3) is 3.26. The Morgan fingerprint density at radius 3 is 2.38 bits per heavy atom. The van der Waals surface area contributed by atoms with Crippen LogP contribution in [0.5, 0.6) is 11.5 Å². The van der Waals surface area contributed by atoms with E-state index in [9.17, 15) is 0 Å². The molecule has 3 nitrogen and oxygen atoms in total. The lowest BCUT2D eigenvalue weighted by atomic mass is 9.97. The fraction of sp³-hybridized carbons (Fsp3) is 0.250. The van der Waals surface area contributed by atoms with E-state index in [0.29, 0.717) is 10.0 Å². The lowest BCUT2D eigenvalue weighted by molar-refractivity contribution is 0.388. The van der Waals surface area contributed by atoms with E-state index < -0.39 is 0 Å². The molecule has 2 rings (SSSR count). The van der Waals surface area contributed by atoms with Gasteiger partial charge < -0.3 is 14.8 Å². The molecule has 2 aromatic carbocycles. The van der Waals surface area contributed by atoms with Gasteiger partial charge in [0.1, 0.15) is 11.5 Å². The topological polar surface area (TPSA) is 30.5 Å². The maximum Gasteiger partial charge on any atom is 0.127 e. The second-order valence-electron chi connectivity index (χ2n) is 4.47. The smallest absolute Gasteiger partial charge is 0.127 e. The molecule has 0 amide bonds. The zero-order valence-electron chi connectivity index (χ0n) is 12.1. The average molecular weight is 326 g/mol. The Morgan fingerprint density at radius 2 is 1.76 bits per heavy atom. The summed E-state index contributed by atoms with van der Waals surface area (Å²) in [7, 11) is 5.12. The monoisotopic (exact) mass is 325 g/mol. The van der Waals surface area contributed by atoms with Gasteiger partial charge in [0.15, 0.2) is 0 Å². The lowest BCUT2D eigenvalue weighted by Crippen LogP contribution is -2.19. The van der Waals surface area contributed by atoms with Gasteiger partial charge in [0, 0.05) is 11.6 Å². The second-order valence-corrected chi connectivity index (χ2v) is 5.26. The number of hydrogen-bond acceptors (Lipinski definition) is 3. The van der Waals surface area contributed by atoms with Crippen molar-refractivity contribution in [3.05, 3.63) is 57.6 Å². The van der Waals surface area contributed by atoms with E-state index in [-0.39, 0.29) is 6.04 Å². The van der Waals surface area contributed by atoms with Crippen LogP contribution in [-0.4, -0.2) is 21.3 Å². The van der Waals surface area contributed by atoms with Crippen molar-refractivity contribution in [2.45, 2.75) is 6.04 Å². The molecule has 0 aliphatic rings. The van der Waals surface area contributed by atoms with Crippen molar-refractivity contribution in [1.29, 1.82) is 0 Å². The third-order valence-corrected chi connectivity index (χ3v) is 4.17. The van der Waals surface area contributed by atoms with Gasteiger partial charge in [-0.2, -0.15) is 0 Å². The fourth-order valence-corrected chi connectivity index (χ4v) is 2.70. The molecule has 0 radical (unpaired) electrons. The van der Waals surface area contributed by atoms with E-state index in [4.69, 9.17) is 32.7 Å². The van der Waals surface area contributed by atoms with E-state index in [1.165, 1.54) is 0 Å². The molecule has 112 valence electrons. The standard InChI is InChI=1S/C16H17Cl2NO2/c1-19-16(12-5-4-6-13(17)15(12)18)11-8-7-10(20-2)9-14(11)21-3/h4-9,16,19H,1-3H3. The highest BCUT2D eigenvalue weighted by Crippen LogP contribution is 2.37. The van der Waals surface area contributed by atoms with E-state index >= 15 is 0 Å². The Kier molecular flexibility index (Phi) is 5.34. The van der Waals surface area contributed by atoms with Gasteiger partial charge in [-0.25, -0.2) is 0 Å². The summed E-state index contributed by atoms with van der Waals surface area (Å²) in [6.07, 6.45) is 0. The third-order valence-electron chi connectivity index (χ3n) is 3.33. The van der Waals surface area contributed by atoms with Crippen LogP contribution in [0.3, 0.4) is 0 Å². The first kappa shape index (κ1) is 16.0. The molecule has 0 saturated carbocycles. The quantitative estimate of drug-likeness (QED) is 0.888. The lowest BCUT2D eigenvalue weighted by Gasteiger charge is -2.21. The Labute approximate surface area is 134 Å². The van der Waals surface area contributed by atoms with E-state index in [0.717, 1.165) is 22.6 Å². The summed E-state index contributed by atoms with van der Waals surface area (Å²) < 4.78 is 10.7. The molecular formula is C16H17Cl2NO2. The maximum atomic E-state index is 6.33. The first-order valence-corrected chi connectivity index (χ1v) is 7.21. The molecule has 5 heteroatoms. The number of benzene rings is 2. The van der Waals surface area contributed by atoms with Crippen LogP contribution in [0, 0.1) is 0 Å². The first-order chi connectivity index (χ1) is 10.1. The van der Waals surface area contributed by atoms with Crippen molar-refractivity contribution in [3.8, 4) is 11.5 Å². The molecule has 0 aliphatic heterocycles. The van der Waals surface area contributed by atoms with Crippen LogP contribution in [0.15, 0.2) is 36.4 Å². The zero-order valence-corrected chi connectivity index (χ0v) is 13.6. The van der Waals surface area contributed by atoms with Gasteiger partial charge in [0.2, 0.25) is 0 Å². The second kappa shape index (κ2) is 7.03. The van der Waals surface area contributed by atoms with Crippen LogP contribution >= 0.6 is 23.2 Å². The predicted molar refractivity (Wildman–Crippen MR) is 86.9 cm³/mol. The Hall–Kier alpha value is -1.42. The SMILES string of the molecule is CNC(c1ccc(OC)cc1OC)c1cccc(Cl)c1Cl. The van der Waals surface area contributed by atoms with E-state index in [1.54, 1.807) is 20.3 Å². The highest BCUT2D eigenvalue weighted by molar-refractivity contribution is 6.42. The largest absolute Gasteiger partial charge is 0.497 e. The minimum atomic E-state index is -0.128. The van der Waals surface area contributed by atoms with Crippen LogP contribution in [0.25, 0.3) is 0 Å². The summed E-state index contributed by atoms with van der Waals surface area (Å²) in [4.78, 5) is 0. The molecule has 21 heavy (non-hydrogen) atoms. The Morgan fingerprint density at radius 1 is 1.00 bits per heavy atom. The predicted octanol–water partition coefficient (Wildman–Crippen LogP) is 4.32. The normalized spacial score (nSPS) is 12.0. The number of ether oxygens (including phenoxy) is 2. The van der Waals surface area contributed by atoms with Crippen LogP contribution in [0.1, 0.15) is 17.2 Å². The molecule has 0 fully saturated rings. The first-order valence-electron chi connectivity index (χ1n) is 6.45. The molecule has 0 aromatic heterocycles. The minimum Gasteiger partial charge on any atom is -0.497 e. The highest BCUT2D eigenvalue weighted by Gasteiger charge is 2.20. The molecule has 0 heterocycles. The fourth-order valence-electron chi connectivity index (χ4n) is 2.28. The average Bonchev–Trinajstić information content (AvgIpc) is 2.52. The van der Waals surface area contributed by atoms with Gasteiger partial charge in [-0.05, 0) is 30.8 Å². The molecule has 0 bridgehead atoms. The van der Waals surface area contributed by atoms with Crippen molar-refractivity contribution in [1.82, 2.24) is 5.32 Å². The highest BCUT2D eigenvalue weighted by atomic mass is 35.5. The van der Waals surface area contributed by atoms with Gasteiger partial charge >= 0.3 is 0 Å². The Bertz CT molecular complexity index is 632. The van der Waals surface area contributed by atoms with Crippen LogP contribution in [0.2, 0.25) is 10.0 Å².